The number of methoxy groups -OCH3 is 1. The molecule has 3 aromatic rings. The number of rotatable bonds is 8. The Morgan fingerprint density at radius 1 is 1.00 bits per heavy atom. The number of hydrogen-bond acceptors (Lipinski definition) is 6. The SMILES string of the molecule is COc1ccc(Oc2ccc(N3C[C@@H](C(=O)OCC(=O)Nc4ccc(C)c(Cl)c4)CC3=O)cc2)cc1. The second kappa shape index (κ2) is 11.1. The third-order valence-electron chi connectivity index (χ3n) is 5.70. The number of nitrogens with zero attached hydrogens (tertiary/aromatic N) is 1. The van der Waals surface area contributed by atoms with Crippen LogP contribution in [0.4, 0.5) is 11.4 Å². The first-order valence-electron chi connectivity index (χ1n) is 11.3. The highest BCUT2D eigenvalue weighted by Gasteiger charge is 2.36. The standard InChI is InChI=1S/C27H25ClN2O6/c1-17-3-4-19(14-24(17)28)29-25(31)16-35-27(33)18-13-26(32)30(15-18)20-5-7-22(8-6-20)36-23-11-9-21(34-2)10-12-23/h3-12,14,18H,13,15-16H2,1-2H3,(H,29,31)/t18-/m0/s1. The summed E-state index contributed by atoms with van der Waals surface area (Å²) in [6.45, 7) is 1.57. The molecule has 0 radical (unpaired) electrons. The first kappa shape index (κ1) is 25.1. The van der Waals surface area contributed by atoms with E-state index in [0.717, 1.165) is 11.3 Å². The van der Waals surface area contributed by atoms with Crippen LogP contribution in [-0.2, 0) is 19.1 Å². The molecule has 0 spiro atoms. The summed E-state index contributed by atoms with van der Waals surface area (Å²) in [5.41, 5.74) is 2.04. The second-order valence-electron chi connectivity index (χ2n) is 8.30. The van der Waals surface area contributed by atoms with Crippen LogP contribution in [0.2, 0.25) is 5.02 Å². The van der Waals surface area contributed by atoms with E-state index in [2.05, 4.69) is 5.32 Å². The van der Waals surface area contributed by atoms with Crippen molar-refractivity contribution in [3.63, 3.8) is 0 Å². The number of esters is 1. The molecule has 1 fully saturated rings. The van der Waals surface area contributed by atoms with E-state index >= 15 is 0 Å². The minimum absolute atomic E-state index is 0.0120. The van der Waals surface area contributed by atoms with Crippen molar-refractivity contribution in [3.05, 3.63) is 77.3 Å². The fourth-order valence-corrected chi connectivity index (χ4v) is 3.89. The lowest BCUT2D eigenvalue weighted by molar-refractivity contribution is -0.151. The number of ether oxygens (including phenoxy) is 3. The third-order valence-corrected chi connectivity index (χ3v) is 6.11. The Kier molecular flexibility index (Phi) is 7.75. The number of hydrogen-bond donors (Lipinski definition) is 1. The van der Waals surface area contributed by atoms with Crippen LogP contribution in [0.3, 0.4) is 0 Å². The van der Waals surface area contributed by atoms with Crippen molar-refractivity contribution in [2.24, 2.45) is 5.92 Å². The molecule has 0 saturated carbocycles. The molecule has 8 nitrogen and oxygen atoms in total. The summed E-state index contributed by atoms with van der Waals surface area (Å²) in [5, 5.41) is 3.15. The summed E-state index contributed by atoms with van der Waals surface area (Å²) in [6, 6.07) is 19.3. The van der Waals surface area contributed by atoms with E-state index in [1.165, 1.54) is 4.90 Å². The van der Waals surface area contributed by atoms with Gasteiger partial charge in [-0.1, -0.05) is 17.7 Å². The third kappa shape index (κ3) is 6.14. The molecule has 186 valence electrons. The molecule has 3 aromatic carbocycles. The van der Waals surface area contributed by atoms with Gasteiger partial charge in [0.05, 0.1) is 13.0 Å². The maximum atomic E-state index is 12.5. The van der Waals surface area contributed by atoms with Crippen LogP contribution in [0.1, 0.15) is 12.0 Å². The molecule has 1 heterocycles. The van der Waals surface area contributed by atoms with Crippen LogP contribution in [0.15, 0.2) is 66.7 Å². The maximum absolute atomic E-state index is 12.5. The number of nitrogens with one attached hydrogen (secondary N) is 1. The van der Waals surface area contributed by atoms with Crippen LogP contribution in [0, 0.1) is 12.8 Å². The lowest BCUT2D eigenvalue weighted by Gasteiger charge is -2.17. The molecule has 2 amide bonds. The summed E-state index contributed by atoms with van der Waals surface area (Å²) in [7, 11) is 1.60. The lowest BCUT2D eigenvalue weighted by atomic mass is 10.1. The molecular weight excluding hydrogens is 484 g/mol. The molecule has 1 aliphatic heterocycles. The Balaban J connectivity index is 1.28. The highest BCUT2D eigenvalue weighted by Crippen LogP contribution is 2.30. The van der Waals surface area contributed by atoms with E-state index in [-0.39, 0.29) is 18.9 Å². The van der Waals surface area contributed by atoms with Gasteiger partial charge in [0.1, 0.15) is 17.2 Å². The predicted molar refractivity (Wildman–Crippen MR) is 136 cm³/mol. The molecule has 0 bridgehead atoms. The Labute approximate surface area is 213 Å². The van der Waals surface area contributed by atoms with Crippen molar-refractivity contribution in [2.45, 2.75) is 13.3 Å². The Morgan fingerprint density at radius 3 is 2.28 bits per heavy atom. The van der Waals surface area contributed by atoms with Gasteiger partial charge >= 0.3 is 5.97 Å². The molecule has 1 aliphatic rings. The van der Waals surface area contributed by atoms with Crippen molar-refractivity contribution in [3.8, 4) is 17.2 Å². The van der Waals surface area contributed by atoms with Crippen molar-refractivity contribution in [2.75, 3.05) is 30.5 Å². The summed E-state index contributed by atoms with van der Waals surface area (Å²) >= 11 is 6.06. The van der Waals surface area contributed by atoms with Gasteiger partial charge in [-0.2, -0.15) is 0 Å². The molecular formula is C27H25ClN2O6. The van der Waals surface area contributed by atoms with Gasteiger partial charge in [0.25, 0.3) is 5.91 Å². The number of amides is 2. The number of aryl methyl sites for hydroxylation is 1. The monoisotopic (exact) mass is 508 g/mol. The Morgan fingerprint density at radius 2 is 1.64 bits per heavy atom. The topological polar surface area (TPSA) is 94.2 Å². The first-order valence-corrected chi connectivity index (χ1v) is 11.6. The fraction of sp³-hybridized carbons (Fsp3) is 0.222. The van der Waals surface area contributed by atoms with Gasteiger partial charge in [-0.05, 0) is 73.2 Å². The zero-order valence-electron chi connectivity index (χ0n) is 19.8. The second-order valence-corrected chi connectivity index (χ2v) is 8.70. The number of carbonyl (C=O) groups excluding carboxylic acids is 3. The number of halogens is 1. The molecule has 9 heteroatoms. The first-order chi connectivity index (χ1) is 17.3. The van der Waals surface area contributed by atoms with E-state index in [1.54, 1.807) is 73.8 Å². The van der Waals surface area contributed by atoms with Crippen LogP contribution < -0.4 is 19.7 Å². The molecule has 36 heavy (non-hydrogen) atoms. The molecule has 1 N–H and O–H groups in total. The summed E-state index contributed by atoms with van der Waals surface area (Å²) < 4.78 is 16.1. The maximum Gasteiger partial charge on any atom is 0.311 e. The van der Waals surface area contributed by atoms with Gasteiger partial charge in [-0.15, -0.1) is 0 Å². The molecule has 1 atom stereocenters. The summed E-state index contributed by atoms with van der Waals surface area (Å²) in [4.78, 5) is 38.7. The normalized spacial score (nSPS) is 14.9. The van der Waals surface area contributed by atoms with Gasteiger partial charge < -0.3 is 24.4 Å². The molecule has 0 unspecified atom stereocenters. The predicted octanol–water partition coefficient (Wildman–Crippen LogP) is 4.98. The average molecular weight is 509 g/mol. The Bertz CT molecular complexity index is 1260. The van der Waals surface area contributed by atoms with Gasteiger partial charge in [0, 0.05) is 29.4 Å². The highest BCUT2D eigenvalue weighted by atomic mass is 35.5. The van der Waals surface area contributed by atoms with Gasteiger partial charge in [0.15, 0.2) is 6.61 Å². The molecule has 1 saturated heterocycles. The van der Waals surface area contributed by atoms with E-state index in [9.17, 15) is 14.4 Å². The summed E-state index contributed by atoms with van der Waals surface area (Å²) in [6.07, 6.45) is 0.0120. The van der Waals surface area contributed by atoms with Crippen LogP contribution in [0.25, 0.3) is 0 Å². The van der Waals surface area contributed by atoms with Gasteiger partial charge in [-0.25, -0.2) is 0 Å². The van der Waals surface area contributed by atoms with Crippen LogP contribution >= 0.6 is 11.6 Å². The Hall–Kier alpha value is -4.04. The lowest BCUT2D eigenvalue weighted by Crippen LogP contribution is -2.28. The zero-order valence-corrected chi connectivity index (χ0v) is 20.6. The largest absolute Gasteiger partial charge is 0.497 e. The minimum atomic E-state index is -0.658. The van der Waals surface area contributed by atoms with Crippen molar-refractivity contribution in [1.29, 1.82) is 0 Å². The van der Waals surface area contributed by atoms with Crippen molar-refractivity contribution < 1.29 is 28.6 Å². The summed E-state index contributed by atoms with van der Waals surface area (Å²) in [5.74, 6) is 0.0498. The smallest absolute Gasteiger partial charge is 0.311 e. The van der Waals surface area contributed by atoms with E-state index in [4.69, 9.17) is 25.8 Å². The fourth-order valence-electron chi connectivity index (χ4n) is 3.71. The minimum Gasteiger partial charge on any atom is -0.497 e. The van der Waals surface area contributed by atoms with Crippen LogP contribution in [0.5, 0.6) is 17.2 Å². The van der Waals surface area contributed by atoms with Crippen molar-refractivity contribution in [1.82, 2.24) is 0 Å². The highest BCUT2D eigenvalue weighted by molar-refractivity contribution is 6.31. The number of anilines is 2. The number of carbonyl (C=O) groups is 3. The van der Waals surface area contributed by atoms with Crippen molar-refractivity contribution >= 4 is 40.8 Å². The molecule has 4 rings (SSSR count). The van der Waals surface area contributed by atoms with Gasteiger partial charge in [0.2, 0.25) is 5.91 Å². The number of benzene rings is 3. The van der Waals surface area contributed by atoms with E-state index in [0.29, 0.717) is 27.9 Å². The van der Waals surface area contributed by atoms with Gasteiger partial charge in [-0.3, -0.25) is 14.4 Å². The average Bonchev–Trinajstić information content (AvgIpc) is 3.27. The molecule has 0 aliphatic carbocycles. The van der Waals surface area contributed by atoms with E-state index < -0.39 is 24.4 Å². The van der Waals surface area contributed by atoms with Crippen LogP contribution in [-0.4, -0.2) is 38.0 Å². The zero-order chi connectivity index (χ0) is 25.7. The quantitative estimate of drug-likeness (QED) is 0.431. The van der Waals surface area contributed by atoms with E-state index in [1.807, 2.05) is 6.92 Å². The molecule has 0 aromatic heterocycles.